The van der Waals surface area contributed by atoms with Gasteiger partial charge in [-0.15, -0.1) is 11.3 Å². The van der Waals surface area contributed by atoms with Crippen molar-refractivity contribution in [2.45, 2.75) is 31.6 Å². The Morgan fingerprint density at radius 2 is 1.88 bits per heavy atom. The first-order valence-electron chi connectivity index (χ1n) is 9.49. The maximum atomic E-state index is 13.1. The third kappa shape index (κ3) is 3.54. The highest BCUT2D eigenvalue weighted by Crippen LogP contribution is 2.35. The third-order valence-corrected chi connectivity index (χ3v) is 8.36. The van der Waals surface area contributed by atoms with Crippen LogP contribution in [0.2, 0.25) is 0 Å². The molecule has 0 bridgehead atoms. The Labute approximate surface area is 160 Å². The maximum Gasteiger partial charge on any atom is 0.243 e. The average Bonchev–Trinajstić information content (AvgIpc) is 3.19. The van der Waals surface area contributed by atoms with E-state index in [-0.39, 0.29) is 0 Å². The van der Waals surface area contributed by atoms with Gasteiger partial charge in [0.15, 0.2) is 0 Å². The van der Waals surface area contributed by atoms with Crippen LogP contribution in [0.25, 0.3) is 10.2 Å². The second-order valence-electron chi connectivity index (χ2n) is 8.10. The maximum absolute atomic E-state index is 13.1. The van der Waals surface area contributed by atoms with Gasteiger partial charge in [-0.2, -0.15) is 4.31 Å². The van der Waals surface area contributed by atoms with E-state index < -0.39 is 10.0 Å². The number of rotatable bonds is 4. The summed E-state index contributed by atoms with van der Waals surface area (Å²) in [5.41, 5.74) is 2.63. The van der Waals surface area contributed by atoms with Crippen LogP contribution in [0.1, 0.15) is 26.7 Å². The second-order valence-corrected chi connectivity index (χ2v) is 10.9. The summed E-state index contributed by atoms with van der Waals surface area (Å²) < 4.78 is 28.9. The van der Waals surface area contributed by atoms with Gasteiger partial charge in [-0.1, -0.05) is 13.8 Å². The molecule has 7 heteroatoms. The smallest absolute Gasteiger partial charge is 0.243 e. The lowest BCUT2D eigenvalue weighted by Gasteiger charge is -2.23. The lowest BCUT2D eigenvalue weighted by molar-refractivity contribution is 0.245. The predicted molar refractivity (Wildman–Crippen MR) is 106 cm³/mol. The number of nitrogens with zero attached hydrogens (tertiary/aromatic N) is 3. The number of thiazole rings is 1. The first-order valence-corrected chi connectivity index (χ1v) is 11.8. The van der Waals surface area contributed by atoms with E-state index in [0.29, 0.717) is 35.7 Å². The van der Waals surface area contributed by atoms with Crippen LogP contribution in [0.3, 0.4) is 0 Å². The molecule has 0 saturated carbocycles. The quantitative estimate of drug-likeness (QED) is 0.800. The first-order chi connectivity index (χ1) is 12.4. The zero-order valence-electron chi connectivity index (χ0n) is 15.5. The monoisotopic (exact) mass is 393 g/mol. The van der Waals surface area contributed by atoms with Crippen LogP contribution in [0.15, 0.2) is 28.6 Å². The van der Waals surface area contributed by atoms with Crippen molar-refractivity contribution in [3.63, 3.8) is 0 Å². The zero-order valence-corrected chi connectivity index (χ0v) is 17.1. The largest absolute Gasteiger partial charge is 0.303 e. The SMILES string of the molecule is CC(C)CN1CC[C@@H]2CN(S(=O)(=O)c3ccc4ncsc4c3)C[C@@H]2CC1. The van der Waals surface area contributed by atoms with E-state index in [1.807, 2.05) is 6.07 Å². The van der Waals surface area contributed by atoms with Gasteiger partial charge in [0.2, 0.25) is 10.0 Å². The molecule has 0 spiro atoms. The molecule has 5 nitrogen and oxygen atoms in total. The van der Waals surface area contributed by atoms with E-state index in [1.165, 1.54) is 11.3 Å². The first kappa shape index (κ1) is 18.3. The van der Waals surface area contributed by atoms with Crippen molar-refractivity contribution < 1.29 is 8.42 Å². The summed E-state index contributed by atoms with van der Waals surface area (Å²) in [5.74, 6) is 1.68. The summed E-state index contributed by atoms with van der Waals surface area (Å²) in [6.45, 7) is 9.21. The molecule has 2 aliphatic rings. The molecule has 2 aliphatic heterocycles. The van der Waals surface area contributed by atoms with Crippen LogP contribution in [0.4, 0.5) is 0 Å². The highest BCUT2D eigenvalue weighted by Gasteiger charge is 2.40. The Balaban J connectivity index is 1.48. The molecule has 0 unspecified atom stereocenters. The van der Waals surface area contributed by atoms with Gasteiger partial charge < -0.3 is 4.90 Å². The van der Waals surface area contributed by atoms with Crippen LogP contribution in [0, 0.1) is 17.8 Å². The molecule has 26 heavy (non-hydrogen) atoms. The molecule has 0 radical (unpaired) electrons. The summed E-state index contributed by atoms with van der Waals surface area (Å²) in [7, 11) is -3.41. The lowest BCUT2D eigenvalue weighted by Crippen LogP contribution is -2.32. The summed E-state index contributed by atoms with van der Waals surface area (Å²) in [6.07, 6.45) is 2.22. The van der Waals surface area contributed by atoms with E-state index in [2.05, 4.69) is 23.7 Å². The minimum atomic E-state index is -3.41. The number of hydrogen-bond acceptors (Lipinski definition) is 5. The highest BCUT2D eigenvalue weighted by molar-refractivity contribution is 7.89. The number of sulfonamides is 1. The third-order valence-electron chi connectivity index (χ3n) is 5.74. The number of fused-ring (bicyclic) bond motifs is 2. The van der Waals surface area contributed by atoms with Crippen molar-refractivity contribution in [1.29, 1.82) is 0 Å². The van der Waals surface area contributed by atoms with Gasteiger partial charge in [-0.25, -0.2) is 13.4 Å². The Morgan fingerprint density at radius 1 is 1.19 bits per heavy atom. The average molecular weight is 394 g/mol. The molecule has 4 rings (SSSR count). The Bertz CT molecular complexity index is 862. The molecular weight excluding hydrogens is 366 g/mol. The van der Waals surface area contributed by atoms with Crippen molar-refractivity contribution in [3.8, 4) is 0 Å². The van der Waals surface area contributed by atoms with Crippen LogP contribution in [-0.2, 0) is 10.0 Å². The fourth-order valence-electron chi connectivity index (χ4n) is 4.40. The Hall–Kier alpha value is -1.02. The van der Waals surface area contributed by atoms with Crippen LogP contribution >= 0.6 is 11.3 Å². The molecule has 1 aromatic heterocycles. The van der Waals surface area contributed by atoms with Crippen molar-refractivity contribution in [2.75, 3.05) is 32.7 Å². The molecule has 2 aromatic rings. The van der Waals surface area contributed by atoms with E-state index in [4.69, 9.17) is 0 Å². The van der Waals surface area contributed by atoms with Gasteiger partial charge in [0, 0.05) is 19.6 Å². The van der Waals surface area contributed by atoms with E-state index >= 15 is 0 Å². The molecule has 0 amide bonds. The predicted octanol–water partition coefficient (Wildman–Crippen LogP) is 3.28. The van der Waals surface area contributed by atoms with Gasteiger partial charge in [-0.3, -0.25) is 0 Å². The molecule has 3 heterocycles. The van der Waals surface area contributed by atoms with Crippen molar-refractivity contribution in [3.05, 3.63) is 23.7 Å². The minimum absolute atomic E-state index is 0.409. The standard InChI is InChI=1S/C19H27N3O2S2/c1-14(2)10-21-7-5-15-11-22(12-16(15)6-8-21)26(23,24)17-3-4-18-19(9-17)25-13-20-18/h3-4,9,13-16H,5-8,10-12H2,1-2H3/t15-,16+. The fourth-order valence-corrected chi connectivity index (χ4v) is 6.77. The number of hydrogen-bond donors (Lipinski definition) is 0. The molecule has 0 N–H and O–H groups in total. The van der Waals surface area contributed by atoms with E-state index in [1.54, 1.807) is 21.9 Å². The van der Waals surface area contributed by atoms with Gasteiger partial charge in [0.25, 0.3) is 0 Å². The number of aromatic nitrogens is 1. The van der Waals surface area contributed by atoms with Crippen molar-refractivity contribution in [2.24, 2.45) is 17.8 Å². The Kier molecular flexibility index (Phi) is 5.07. The topological polar surface area (TPSA) is 53.5 Å². The molecule has 1 aromatic carbocycles. The van der Waals surface area contributed by atoms with Gasteiger partial charge in [0.1, 0.15) is 0 Å². The summed E-state index contributed by atoms with van der Waals surface area (Å²) in [6, 6.07) is 5.30. The summed E-state index contributed by atoms with van der Waals surface area (Å²) >= 11 is 1.49. The molecule has 2 saturated heterocycles. The summed E-state index contributed by atoms with van der Waals surface area (Å²) in [4.78, 5) is 7.21. The van der Waals surface area contributed by atoms with Gasteiger partial charge in [0.05, 0.1) is 20.6 Å². The van der Waals surface area contributed by atoms with E-state index in [9.17, 15) is 8.42 Å². The normalized spacial score (nSPS) is 25.7. The van der Waals surface area contributed by atoms with Crippen molar-refractivity contribution in [1.82, 2.24) is 14.2 Å². The van der Waals surface area contributed by atoms with Gasteiger partial charge in [-0.05, 0) is 61.9 Å². The second kappa shape index (κ2) is 7.19. The fraction of sp³-hybridized carbons (Fsp3) is 0.632. The molecule has 0 aliphatic carbocycles. The van der Waals surface area contributed by atoms with Crippen LogP contribution < -0.4 is 0 Å². The van der Waals surface area contributed by atoms with Gasteiger partial charge >= 0.3 is 0 Å². The lowest BCUT2D eigenvalue weighted by atomic mass is 9.92. The van der Waals surface area contributed by atoms with Crippen LogP contribution in [0.5, 0.6) is 0 Å². The number of benzene rings is 1. The minimum Gasteiger partial charge on any atom is -0.303 e. The summed E-state index contributed by atoms with van der Waals surface area (Å²) in [5, 5.41) is 0. The van der Waals surface area contributed by atoms with E-state index in [0.717, 1.165) is 42.7 Å². The molecule has 2 atom stereocenters. The van der Waals surface area contributed by atoms with Crippen LogP contribution in [-0.4, -0.2) is 55.3 Å². The number of likely N-dealkylation sites (tertiary alicyclic amines) is 1. The highest BCUT2D eigenvalue weighted by atomic mass is 32.2. The van der Waals surface area contributed by atoms with Crippen molar-refractivity contribution >= 4 is 31.6 Å². The molecule has 2 fully saturated rings. The Morgan fingerprint density at radius 3 is 2.54 bits per heavy atom. The zero-order chi connectivity index (χ0) is 18.3. The molecular formula is C19H27N3O2S2. The molecule has 142 valence electrons.